The molecule has 1 saturated carbocycles. The number of hydrogen-bond acceptors (Lipinski definition) is 3. The lowest BCUT2D eigenvalue weighted by molar-refractivity contribution is -0.142. The molecule has 7 heteroatoms. The fourth-order valence-corrected chi connectivity index (χ4v) is 5.22. The number of carbonyl (C=O) groups is 1. The summed E-state index contributed by atoms with van der Waals surface area (Å²) in [6.45, 7) is 5.46. The summed E-state index contributed by atoms with van der Waals surface area (Å²) in [6, 6.07) is 0. The highest BCUT2D eigenvalue weighted by Crippen LogP contribution is 2.31. The zero-order valence-electron chi connectivity index (χ0n) is 12.8. The van der Waals surface area contributed by atoms with Crippen LogP contribution in [0.4, 0.5) is 0 Å². The Morgan fingerprint density at radius 3 is 2.43 bits per heavy atom. The van der Waals surface area contributed by atoms with Crippen molar-refractivity contribution in [1.82, 2.24) is 9.03 Å². The van der Waals surface area contributed by atoms with Crippen molar-refractivity contribution in [3.63, 3.8) is 0 Å². The molecule has 2 rings (SSSR count). The van der Waals surface area contributed by atoms with Gasteiger partial charge in [-0.2, -0.15) is 12.7 Å². The second-order valence-corrected chi connectivity index (χ2v) is 8.51. The minimum Gasteiger partial charge on any atom is -0.481 e. The van der Waals surface area contributed by atoms with Crippen molar-refractivity contribution in [3.8, 4) is 0 Å². The molecule has 1 saturated heterocycles. The van der Waals surface area contributed by atoms with Gasteiger partial charge in [0.25, 0.3) is 10.2 Å². The van der Waals surface area contributed by atoms with E-state index < -0.39 is 22.1 Å². The summed E-state index contributed by atoms with van der Waals surface area (Å²) in [6.07, 6.45) is 3.35. The van der Waals surface area contributed by atoms with Gasteiger partial charge < -0.3 is 5.11 Å². The first-order valence-corrected chi connectivity index (χ1v) is 9.21. The van der Waals surface area contributed by atoms with Crippen LogP contribution >= 0.6 is 0 Å². The molecule has 2 N–H and O–H groups in total. The molecule has 4 unspecified atom stereocenters. The highest BCUT2D eigenvalue weighted by molar-refractivity contribution is 7.87. The fourth-order valence-electron chi connectivity index (χ4n) is 3.71. The number of carboxylic acid groups (broad SMARTS) is 1. The van der Waals surface area contributed by atoms with Gasteiger partial charge in [0.2, 0.25) is 0 Å². The Bertz CT molecular complexity index is 469. The lowest BCUT2D eigenvalue weighted by atomic mass is 9.94. The van der Waals surface area contributed by atoms with Crippen molar-refractivity contribution in [3.05, 3.63) is 0 Å². The zero-order chi connectivity index (χ0) is 15.6. The maximum atomic E-state index is 12.4. The second-order valence-electron chi connectivity index (χ2n) is 6.75. The van der Waals surface area contributed by atoms with Gasteiger partial charge in [0.05, 0.1) is 5.92 Å². The summed E-state index contributed by atoms with van der Waals surface area (Å²) in [5, 5.41) is 9.14. The molecule has 0 amide bonds. The lowest BCUT2D eigenvalue weighted by Crippen LogP contribution is -2.49. The van der Waals surface area contributed by atoms with Crippen LogP contribution in [-0.2, 0) is 15.0 Å². The first-order valence-electron chi connectivity index (χ1n) is 7.77. The third-order valence-electron chi connectivity index (χ3n) is 4.68. The maximum Gasteiger partial charge on any atom is 0.306 e. The minimum atomic E-state index is -3.50. The Hall–Kier alpha value is -0.660. The van der Waals surface area contributed by atoms with Crippen LogP contribution in [0.3, 0.4) is 0 Å². The summed E-state index contributed by atoms with van der Waals surface area (Å²) >= 11 is 0. The SMILES string of the molecule is CC1CC(C)CN(S(=O)(=O)NCC2CCCC2C(=O)O)C1. The van der Waals surface area contributed by atoms with E-state index in [0.29, 0.717) is 31.3 Å². The number of hydrogen-bond donors (Lipinski definition) is 2. The fraction of sp³-hybridized carbons (Fsp3) is 0.929. The quantitative estimate of drug-likeness (QED) is 0.800. The van der Waals surface area contributed by atoms with E-state index in [2.05, 4.69) is 18.6 Å². The van der Waals surface area contributed by atoms with Crippen LogP contribution in [0.1, 0.15) is 39.5 Å². The average molecular weight is 318 g/mol. The number of nitrogens with zero attached hydrogens (tertiary/aromatic N) is 1. The number of piperidine rings is 1. The van der Waals surface area contributed by atoms with Gasteiger partial charge in [-0.1, -0.05) is 20.3 Å². The molecule has 122 valence electrons. The second kappa shape index (κ2) is 6.62. The van der Waals surface area contributed by atoms with E-state index in [9.17, 15) is 13.2 Å². The molecule has 0 spiro atoms. The summed E-state index contributed by atoms with van der Waals surface area (Å²) in [4.78, 5) is 11.1. The molecule has 1 aliphatic heterocycles. The molecule has 2 aliphatic rings. The topological polar surface area (TPSA) is 86.7 Å². The molecule has 6 nitrogen and oxygen atoms in total. The molecule has 0 bridgehead atoms. The molecule has 21 heavy (non-hydrogen) atoms. The van der Waals surface area contributed by atoms with E-state index in [1.165, 1.54) is 4.31 Å². The van der Waals surface area contributed by atoms with Gasteiger partial charge in [0.1, 0.15) is 0 Å². The molecule has 0 aromatic carbocycles. The first kappa shape index (κ1) is 16.7. The van der Waals surface area contributed by atoms with Crippen LogP contribution in [0, 0.1) is 23.7 Å². The Balaban J connectivity index is 1.93. The molecule has 2 fully saturated rings. The highest BCUT2D eigenvalue weighted by atomic mass is 32.2. The van der Waals surface area contributed by atoms with E-state index in [1.54, 1.807) is 0 Å². The molecule has 0 aromatic heterocycles. The Labute approximate surface area is 127 Å². The Kier molecular flexibility index (Phi) is 5.27. The van der Waals surface area contributed by atoms with Crippen molar-refractivity contribution in [1.29, 1.82) is 0 Å². The predicted octanol–water partition coefficient (Wildman–Crippen LogP) is 1.30. The van der Waals surface area contributed by atoms with Crippen LogP contribution in [0.25, 0.3) is 0 Å². The van der Waals surface area contributed by atoms with Crippen molar-refractivity contribution in [2.24, 2.45) is 23.7 Å². The van der Waals surface area contributed by atoms with Gasteiger partial charge in [0, 0.05) is 19.6 Å². The van der Waals surface area contributed by atoms with Crippen LogP contribution in [0.15, 0.2) is 0 Å². The van der Waals surface area contributed by atoms with Crippen LogP contribution < -0.4 is 4.72 Å². The molecule has 0 aromatic rings. The van der Waals surface area contributed by atoms with E-state index in [0.717, 1.165) is 19.3 Å². The maximum absolute atomic E-state index is 12.4. The third kappa shape index (κ3) is 4.17. The number of rotatable bonds is 5. The zero-order valence-corrected chi connectivity index (χ0v) is 13.6. The molecular formula is C14H26N2O4S. The molecule has 4 atom stereocenters. The van der Waals surface area contributed by atoms with Gasteiger partial charge >= 0.3 is 5.97 Å². The Morgan fingerprint density at radius 2 is 1.86 bits per heavy atom. The number of nitrogens with one attached hydrogen (secondary N) is 1. The molecular weight excluding hydrogens is 292 g/mol. The van der Waals surface area contributed by atoms with Crippen molar-refractivity contribution >= 4 is 16.2 Å². The summed E-state index contributed by atoms with van der Waals surface area (Å²) in [7, 11) is -3.50. The van der Waals surface area contributed by atoms with Gasteiger partial charge in [-0.3, -0.25) is 4.79 Å². The van der Waals surface area contributed by atoms with Gasteiger partial charge in [-0.05, 0) is 37.0 Å². The van der Waals surface area contributed by atoms with E-state index in [4.69, 9.17) is 5.11 Å². The van der Waals surface area contributed by atoms with Crippen molar-refractivity contribution in [2.45, 2.75) is 39.5 Å². The Morgan fingerprint density at radius 1 is 1.24 bits per heavy atom. The molecule has 1 heterocycles. The van der Waals surface area contributed by atoms with Gasteiger partial charge in [0.15, 0.2) is 0 Å². The van der Waals surface area contributed by atoms with E-state index in [-0.39, 0.29) is 12.5 Å². The highest BCUT2D eigenvalue weighted by Gasteiger charge is 2.35. The summed E-state index contributed by atoms with van der Waals surface area (Å²) < 4.78 is 28.9. The normalized spacial score (nSPS) is 35.0. The lowest BCUT2D eigenvalue weighted by Gasteiger charge is -2.34. The van der Waals surface area contributed by atoms with Gasteiger partial charge in [-0.25, -0.2) is 4.72 Å². The largest absolute Gasteiger partial charge is 0.481 e. The number of carboxylic acids is 1. The number of aliphatic carboxylic acids is 1. The van der Waals surface area contributed by atoms with Crippen LogP contribution in [0.2, 0.25) is 0 Å². The standard InChI is InChI=1S/C14H26N2O4S/c1-10-6-11(2)9-16(8-10)21(19,20)15-7-12-4-3-5-13(12)14(17)18/h10-13,15H,3-9H2,1-2H3,(H,17,18). The van der Waals surface area contributed by atoms with Crippen LogP contribution in [0.5, 0.6) is 0 Å². The first-order chi connectivity index (χ1) is 9.79. The molecule has 0 radical (unpaired) electrons. The summed E-state index contributed by atoms with van der Waals surface area (Å²) in [5.74, 6) is -0.576. The molecule has 1 aliphatic carbocycles. The van der Waals surface area contributed by atoms with Crippen molar-refractivity contribution in [2.75, 3.05) is 19.6 Å². The smallest absolute Gasteiger partial charge is 0.306 e. The summed E-state index contributed by atoms with van der Waals surface area (Å²) in [5.41, 5.74) is 0. The van der Waals surface area contributed by atoms with Crippen LogP contribution in [-0.4, -0.2) is 43.4 Å². The van der Waals surface area contributed by atoms with E-state index in [1.807, 2.05) is 0 Å². The van der Waals surface area contributed by atoms with E-state index >= 15 is 0 Å². The van der Waals surface area contributed by atoms with Crippen molar-refractivity contribution < 1.29 is 18.3 Å². The minimum absolute atomic E-state index is 0.0862. The average Bonchev–Trinajstić information content (AvgIpc) is 2.83. The monoisotopic (exact) mass is 318 g/mol. The van der Waals surface area contributed by atoms with Gasteiger partial charge in [-0.15, -0.1) is 0 Å². The third-order valence-corrected chi connectivity index (χ3v) is 6.19. The predicted molar refractivity (Wildman–Crippen MR) is 79.9 cm³/mol.